The molecule has 1 aliphatic rings. The van der Waals surface area contributed by atoms with Crippen molar-refractivity contribution >= 4 is 23.3 Å². The third-order valence-corrected chi connectivity index (χ3v) is 5.44. The molecule has 1 atom stereocenters. The summed E-state index contributed by atoms with van der Waals surface area (Å²) in [7, 11) is 3.25. The lowest BCUT2D eigenvalue weighted by Crippen LogP contribution is -2.21. The van der Waals surface area contributed by atoms with Gasteiger partial charge in [0.05, 0.1) is 25.5 Å². The standard InChI is InChI=1S/C19H20N4O3S/c1-4-27-19-21-18-20-15-7-11(8-16(24)14(15)10-23(18)22-19)13-6-5-12(25-2)9-17(13)26-3/h5-6,9-11H,4,7-8H2,1-3H3/t11-/m1/s1. The Balaban J connectivity index is 1.72. The van der Waals surface area contributed by atoms with E-state index in [1.165, 1.54) is 0 Å². The molecular formula is C19H20N4O3S. The van der Waals surface area contributed by atoms with Crippen LogP contribution in [-0.2, 0) is 6.42 Å². The number of hydrogen-bond donors (Lipinski definition) is 0. The number of fused-ring (bicyclic) bond motifs is 2. The summed E-state index contributed by atoms with van der Waals surface area (Å²) in [6.07, 6.45) is 2.83. The fourth-order valence-corrected chi connectivity index (χ4v) is 3.98. The number of ether oxygens (including phenoxy) is 2. The molecule has 2 aromatic heterocycles. The molecule has 0 N–H and O–H groups in total. The van der Waals surface area contributed by atoms with E-state index in [9.17, 15) is 4.79 Å². The molecule has 0 saturated heterocycles. The normalized spacial score (nSPS) is 16.4. The van der Waals surface area contributed by atoms with Crippen LogP contribution in [0.3, 0.4) is 0 Å². The molecule has 0 spiro atoms. The van der Waals surface area contributed by atoms with E-state index in [1.54, 1.807) is 36.7 Å². The monoisotopic (exact) mass is 384 g/mol. The van der Waals surface area contributed by atoms with E-state index >= 15 is 0 Å². The second kappa shape index (κ2) is 7.19. The van der Waals surface area contributed by atoms with Gasteiger partial charge in [-0.25, -0.2) is 9.50 Å². The van der Waals surface area contributed by atoms with E-state index in [0.29, 0.717) is 29.3 Å². The van der Waals surface area contributed by atoms with Gasteiger partial charge >= 0.3 is 0 Å². The minimum Gasteiger partial charge on any atom is -0.497 e. The summed E-state index contributed by atoms with van der Waals surface area (Å²) < 4.78 is 12.4. The number of nitrogens with zero attached hydrogens (tertiary/aromatic N) is 4. The van der Waals surface area contributed by atoms with Crippen molar-refractivity contribution in [2.24, 2.45) is 0 Å². The maximum Gasteiger partial charge on any atom is 0.253 e. The van der Waals surface area contributed by atoms with E-state index in [-0.39, 0.29) is 11.7 Å². The second-order valence-corrected chi connectivity index (χ2v) is 7.54. The Morgan fingerprint density at radius 3 is 2.81 bits per heavy atom. The van der Waals surface area contributed by atoms with E-state index < -0.39 is 0 Å². The number of carbonyl (C=O) groups is 1. The average Bonchev–Trinajstić information content (AvgIpc) is 3.07. The van der Waals surface area contributed by atoms with E-state index in [4.69, 9.17) is 9.47 Å². The average molecular weight is 384 g/mol. The van der Waals surface area contributed by atoms with Crippen LogP contribution >= 0.6 is 11.8 Å². The summed E-state index contributed by atoms with van der Waals surface area (Å²) >= 11 is 1.55. The Kier molecular flexibility index (Phi) is 4.73. The molecule has 7 nitrogen and oxygen atoms in total. The van der Waals surface area contributed by atoms with Gasteiger partial charge in [-0.3, -0.25) is 4.79 Å². The molecule has 8 heteroatoms. The Morgan fingerprint density at radius 1 is 1.22 bits per heavy atom. The summed E-state index contributed by atoms with van der Waals surface area (Å²) in [5.41, 5.74) is 2.38. The molecule has 0 saturated carbocycles. The molecule has 0 amide bonds. The molecule has 1 aliphatic carbocycles. The molecule has 0 aliphatic heterocycles. The second-order valence-electron chi connectivity index (χ2n) is 6.31. The van der Waals surface area contributed by atoms with Crippen LogP contribution in [0.4, 0.5) is 0 Å². The highest BCUT2D eigenvalue weighted by atomic mass is 32.2. The number of thioether (sulfide) groups is 1. The fourth-order valence-electron chi connectivity index (χ4n) is 3.43. The lowest BCUT2D eigenvalue weighted by molar-refractivity contribution is 0.0962. The van der Waals surface area contributed by atoms with Crippen LogP contribution in [0.1, 0.15) is 40.9 Å². The molecule has 2 heterocycles. The summed E-state index contributed by atoms with van der Waals surface area (Å²) in [4.78, 5) is 21.9. The van der Waals surface area contributed by atoms with Crippen molar-refractivity contribution < 1.29 is 14.3 Å². The van der Waals surface area contributed by atoms with Crippen LogP contribution in [0.2, 0.25) is 0 Å². The highest BCUT2D eigenvalue weighted by Gasteiger charge is 2.30. The van der Waals surface area contributed by atoms with Gasteiger partial charge in [0.2, 0.25) is 5.16 Å². The smallest absolute Gasteiger partial charge is 0.253 e. The molecular weight excluding hydrogens is 364 g/mol. The fraction of sp³-hybridized carbons (Fsp3) is 0.368. The Morgan fingerprint density at radius 2 is 2.07 bits per heavy atom. The van der Waals surface area contributed by atoms with Crippen LogP contribution in [0.25, 0.3) is 5.78 Å². The van der Waals surface area contributed by atoms with Gasteiger partial charge in [-0.1, -0.05) is 24.8 Å². The molecule has 1 aromatic carbocycles. The molecule has 0 fully saturated rings. The molecule has 0 unspecified atom stereocenters. The van der Waals surface area contributed by atoms with Gasteiger partial charge < -0.3 is 9.47 Å². The highest BCUT2D eigenvalue weighted by Crippen LogP contribution is 2.38. The van der Waals surface area contributed by atoms with Crippen molar-refractivity contribution in [2.45, 2.75) is 30.8 Å². The van der Waals surface area contributed by atoms with Crippen molar-refractivity contribution in [1.82, 2.24) is 19.6 Å². The largest absolute Gasteiger partial charge is 0.497 e. The maximum absolute atomic E-state index is 12.8. The number of ketones is 1. The summed E-state index contributed by atoms with van der Waals surface area (Å²) in [5.74, 6) is 2.93. The molecule has 140 valence electrons. The van der Waals surface area contributed by atoms with Crippen molar-refractivity contribution in [3.63, 3.8) is 0 Å². The number of methoxy groups -OCH3 is 2. The van der Waals surface area contributed by atoms with E-state index in [0.717, 1.165) is 28.5 Å². The van der Waals surface area contributed by atoms with Crippen LogP contribution in [0, 0.1) is 0 Å². The van der Waals surface area contributed by atoms with Crippen LogP contribution in [0.15, 0.2) is 29.6 Å². The molecule has 3 aromatic rings. The Hall–Kier alpha value is -2.61. The van der Waals surface area contributed by atoms with Gasteiger partial charge in [0.15, 0.2) is 5.78 Å². The first-order valence-corrected chi connectivity index (χ1v) is 9.75. The minimum absolute atomic E-state index is 0.00761. The number of carbonyl (C=O) groups excluding carboxylic acids is 1. The third kappa shape index (κ3) is 3.25. The molecule has 0 radical (unpaired) electrons. The predicted octanol–water partition coefficient (Wildman–Crippen LogP) is 3.17. The van der Waals surface area contributed by atoms with Gasteiger partial charge in [0.1, 0.15) is 11.5 Å². The van der Waals surface area contributed by atoms with Gasteiger partial charge in [-0.15, -0.1) is 5.10 Å². The summed E-state index contributed by atoms with van der Waals surface area (Å²) in [6.45, 7) is 2.05. The molecule has 27 heavy (non-hydrogen) atoms. The zero-order valence-electron chi connectivity index (χ0n) is 15.4. The topological polar surface area (TPSA) is 78.6 Å². The highest BCUT2D eigenvalue weighted by molar-refractivity contribution is 7.99. The lowest BCUT2D eigenvalue weighted by atomic mass is 9.82. The first-order chi connectivity index (χ1) is 13.1. The number of Topliss-reactive ketones (excluding diaryl/α,β-unsaturated/α-hetero) is 1. The van der Waals surface area contributed by atoms with Crippen LogP contribution in [-0.4, -0.2) is 45.3 Å². The Bertz CT molecular complexity index is 1020. The first-order valence-electron chi connectivity index (χ1n) is 8.77. The summed E-state index contributed by atoms with van der Waals surface area (Å²) in [6, 6.07) is 5.70. The van der Waals surface area contributed by atoms with Crippen molar-refractivity contribution in [3.05, 3.63) is 41.2 Å². The van der Waals surface area contributed by atoms with Crippen molar-refractivity contribution in [2.75, 3.05) is 20.0 Å². The third-order valence-electron chi connectivity index (χ3n) is 4.72. The number of hydrogen-bond acceptors (Lipinski definition) is 7. The van der Waals surface area contributed by atoms with Gasteiger partial charge in [0.25, 0.3) is 5.78 Å². The van der Waals surface area contributed by atoms with Gasteiger partial charge in [0, 0.05) is 24.6 Å². The number of aromatic nitrogens is 4. The molecule has 0 bridgehead atoms. The zero-order valence-corrected chi connectivity index (χ0v) is 16.2. The van der Waals surface area contributed by atoms with Crippen LogP contribution in [0.5, 0.6) is 11.5 Å². The van der Waals surface area contributed by atoms with Crippen molar-refractivity contribution in [3.8, 4) is 11.5 Å². The molecule has 4 rings (SSSR count). The van der Waals surface area contributed by atoms with Gasteiger partial charge in [-0.05, 0) is 23.8 Å². The quantitative estimate of drug-likeness (QED) is 0.625. The van der Waals surface area contributed by atoms with E-state index in [1.807, 2.05) is 25.1 Å². The first kappa shape index (κ1) is 17.8. The van der Waals surface area contributed by atoms with Crippen LogP contribution < -0.4 is 9.47 Å². The number of benzene rings is 1. The SMILES string of the molecule is CCSc1nc2nc3c(cn2n1)C(=O)C[C@H](c1ccc(OC)cc1OC)C3. The number of rotatable bonds is 5. The van der Waals surface area contributed by atoms with E-state index in [2.05, 4.69) is 15.1 Å². The minimum atomic E-state index is 0.00761. The van der Waals surface area contributed by atoms with Gasteiger partial charge in [-0.2, -0.15) is 4.98 Å². The maximum atomic E-state index is 12.8. The lowest BCUT2D eigenvalue weighted by Gasteiger charge is -2.24. The van der Waals surface area contributed by atoms with Crippen molar-refractivity contribution in [1.29, 1.82) is 0 Å². The summed E-state index contributed by atoms with van der Waals surface area (Å²) in [5, 5.41) is 5.06. The Labute approximate surface area is 161 Å². The zero-order chi connectivity index (χ0) is 19.0. The predicted molar refractivity (Wildman–Crippen MR) is 102 cm³/mol.